The van der Waals surface area contributed by atoms with Crippen LogP contribution in [0.4, 0.5) is 11.4 Å². The predicted molar refractivity (Wildman–Crippen MR) is 124 cm³/mol. The molecule has 3 aliphatic heterocycles. The largest absolute Gasteiger partial charge is 0.396 e. The van der Waals surface area contributed by atoms with E-state index in [0.29, 0.717) is 24.9 Å². The van der Waals surface area contributed by atoms with E-state index in [1.165, 1.54) is 4.90 Å². The number of aliphatic hydroxyl groups is 1. The molecule has 2 unspecified atom stereocenters. The fraction of sp³-hybridized carbons (Fsp3) is 0.625. The number of benzene rings is 1. The van der Waals surface area contributed by atoms with Crippen LogP contribution < -0.4 is 15.5 Å². The summed E-state index contributed by atoms with van der Waals surface area (Å²) < 4.78 is 6.30. The summed E-state index contributed by atoms with van der Waals surface area (Å²) in [5, 5.41) is 15.0. The van der Waals surface area contributed by atoms with Gasteiger partial charge in [0.1, 0.15) is 11.6 Å². The maximum absolute atomic E-state index is 13.6. The Balaban J connectivity index is 1.61. The Labute approximate surface area is 194 Å². The third-order valence-electron chi connectivity index (χ3n) is 7.42. The van der Waals surface area contributed by atoms with Crippen LogP contribution in [-0.4, -0.2) is 78.8 Å². The lowest BCUT2D eigenvalue weighted by molar-refractivity contribution is -0.140. The SMILES string of the molecule is CCN(CC)c1ccc(NC(=O)C2N(CCCO)C(=O)[C@@H]3[C@H](C(=O)NC)[C@@H]4CCC23O4)cc1. The summed E-state index contributed by atoms with van der Waals surface area (Å²) in [6.07, 6.45) is 1.18. The molecule has 2 bridgehead atoms. The molecule has 1 aromatic rings. The number of ether oxygens (including phenoxy) is 1. The first-order valence-corrected chi connectivity index (χ1v) is 11.9. The molecule has 0 aliphatic carbocycles. The molecule has 1 aromatic carbocycles. The Morgan fingerprint density at radius 3 is 2.52 bits per heavy atom. The molecule has 180 valence electrons. The number of hydrogen-bond acceptors (Lipinski definition) is 6. The third kappa shape index (κ3) is 3.77. The molecule has 3 N–H and O–H groups in total. The molecule has 0 radical (unpaired) electrons. The first kappa shape index (κ1) is 23.5. The molecular weight excluding hydrogens is 424 g/mol. The molecule has 9 nitrogen and oxygen atoms in total. The summed E-state index contributed by atoms with van der Waals surface area (Å²) >= 11 is 0. The van der Waals surface area contributed by atoms with Crippen molar-refractivity contribution < 1.29 is 24.2 Å². The summed E-state index contributed by atoms with van der Waals surface area (Å²) in [4.78, 5) is 43.4. The Morgan fingerprint density at radius 2 is 1.91 bits per heavy atom. The van der Waals surface area contributed by atoms with Crippen LogP contribution >= 0.6 is 0 Å². The summed E-state index contributed by atoms with van der Waals surface area (Å²) in [5.74, 6) is -2.07. The molecule has 5 atom stereocenters. The van der Waals surface area contributed by atoms with E-state index in [0.717, 1.165) is 18.8 Å². The van der Waals surface area contributed by atoms with E-state index in [1.807, 2.05) is 24.3 Å². The highest BCUT2D eigenvalue weighted by molar-refractivity contribution is 6.03. The van der Waals surface area contributed by atoms with Gasteiger partial charge in [-0.2, -0.15) is 0 Å². The Kier molecular flexibility index (Phi) is 6.63. The minimum Gasteiger partial charge on any atom is -0.396 e. The van der Waals surface area contributed by atoms with Crippen LogP contribution in [0.25, 0.3) is 0 Å². The lowest BCUT2D eigenvalue weighted by Gasteiger charge is -2.33. The smallest absolute Gasteiger partial charge is 0.250 e. The van der Waals surface area contributed by atoms with Crippen molar-refractivity contribution in [2.75, 3.05) is 43.5 Å². The molecule has 0 saturated carbocycles. The van der Waals surface area contributed by atoms with Crippen LogP contribution in [0.1, 0.15) is 33.1 Å². The monoisotopic (exact) mass is 458 g/mol. The van der Waals surface area contributed by atoms with Gasteiger partial charge in [0, 0.05) is 44.7 Å². The fourth-order valence-corrected chi connectivity index (χ4v) is 5.96. The van der Waals surface area contributed by atoms with Gasteiger partial charge in [0.25, 0.3) is 0 Å². The van der Waals surface area contributed by atoms with Gasteiger partial charge in [0.15, 0.2) is 0 Å². The average molecular weight is 459 g/mol. The zero-order valence-electron chi connectivity index (χ0n) is 19.5. The number of amides is 3. The number of nitrogens with zero attached hydrogens (tertiary/aromatic N) is 2. The van der Waals surface area contributed by atoms with E-state index in [4.69, 9.17) is 4.74 Å². The first-order chi connectivity index (χ1) is 15.9. The molecular formula is C24H34N4O5. The quantitative estimate of drug-likeness (QED) is 0.509. The molecule has 3 heterocycles. The highest BCUT2D eigenvalue weighted by Crippen LogP contribution is 2.58. The molecule has 3 fully saturated rings. The number of nitrogens with one attached hydrogen (secondary N) is 2. The zero-order valence-corrected chi connectivity index (χ0v) is 19.5. The fourth-order valence-electron chi connectivity index (χ4n) is 5.96. The Morgan fingerprint density at radius 1 is 1.21 bits per heavy atom. The van der Waals surface area contributed by atoms with Gasteiger partial charge in [-0.15, -0.1) is 0 Å². The maximum Gasteiger partial charge on any atom is 0.250 e. The standard InChI is InChI=1S/C24H34N4O5/c1-4-27(5-2)16-9-7-15(8-10-16)26-22(31)20-24-12-11-17(33-24)18(21(30)25-3)19(24)23(32)28(20)13-6-14-29/h7-10,17-20,29H,4-6,11-14H2,1-3H3,(H,25,30)(H,26,31)/t17-,18+,19-,20?,24?/m0/s1. The second kappa shape index (κ2) is 9.30. The average Bonchev–Trinajstić information content (AvgIpc) is 3.46. The van der Waals surface area contributed by atoms with Gasteiger partial charge in [-0.3, -0.25) is 14.4 Å². The Bertz CT molecular complexity index is 903. The lowest BCUT2D eigenvalue weighted by Crippen LogP contribution is -2.53. The molecule has 4 rings (SSSR count). The van der Waals surface area contributed by atoms with Gasteiger partial charge in [-0.05, 0) is 57.4 Å². The molecule has 3 aliphatic rings. The molecule has 9 heteroatoms. The summed E-state index contributed by atoms with van der Waals surface area (Å²) in [6, 6.07) is 6.80. The van der Waals surface area contributed by atoms with Gasteiger partial charge in [-0.25, -0.2) is 0 Å². The number of likely N-dealkylation sites (tertiary alicyclic amines) is 1. The molecule has 3 saturated heterocycles. The van der Waals surface area contributed by atoms with Gasteiger partial charge < -0.3 is 30.3 Å². The minimum absolute atomic E-state index is 0.0923. The topological polar surface area (TPSA) is 111 Å². The van der Waals surface area contributed by atoms with Crippen molar-refractivity contribution in [3.63, 3.8) is 0 Å². The van der Waals surface area contributed by atoms with E-state index < -0.39 is 23.5 Å². The summed E-state index contributed by atoms with van der Waals surface area (Å²) in [7, 11) is 1.55. The Hall–Kier alpha value is -2.65. The maximum atomic E-state index is 13.6. The van der Waals surface area contributed by atoms with Crippen molar-refractivity contribution in [2.45, 2.75) is 50.9 Å². The second-order valence-corrected chi connectivity index (χ2v) is 8.99. The summed E-state index contributed by atoms with van der Waals surface area (Å²) in [6.45, 7) is 6.11. The number of carbonyl (C=O) groups is 3. The van der Waals surface area contributed by atoms with E-state index in [-0.39, 0.29) is 37.0 Å². The second-order valence-electron chi connectivity index (χ2n) is 8.99. The summed E-state index contributed by atoms with van der Waals surface area (Å²) in [5.41, 5.74) is 0.698. The van der Waals surface area contributed by atoms with Gasteiger partial charge >= 0.3 is 0 Å². The van der Waals surface area contributed by atoms with Gasteiger partial charge in [0.05, 0.1) is 17.9 Å². The molecule has 1 spiro atoms. The van der Waals surface area contributed by atoms with Crippen molar-refractivity contribution in [2.24, 2.45) is 11.8 Å². The van der Waals surface area contributed by atoms with Crippen LogP contribution in [0.15, 0.2) is 24.3 Å². The van der Waals surface area contributed by atoms with Crippen LogP contribution in [-0.2, 0) is 19.1 Å². The predicted octanol–water partition coefficient (Wildman–Crippen LogP) is 0.974. The first-order valence-electron chi connectivity index (χ1n) is 11.9. The van der Waals surface area contributed by atoms with Gasteiger partial charge in [-0.1, -0.05) is 0 Å². The van der Waals surface area contributed by atoms with Crippen LogP contribution in [0.2, 0.25) is 0 Å². The lowest BCUT2D eigenvalue weighted by atomic mass is 9.70. The van der Waals surface area contributed by atoms with Crippen molar-refractivity contribution in [1.29, 1.82) is 0 Å². The van der Waals surface area contributed by atoms with Crippen LogP contribution in [0.3, 0.4) is 0 Å². The number of hydrogen-bond donors (Lipinski definition) is 3. The van der Waals surface area contributed by atoms with Crippen LogP contribution in [0, 0.1) is 11.8 Å². The number of rotatable bonds is 9. The van der Waals surface area contributed by atoms with E-state index >= 15 is 0 Å². The highest BCUT2D eigenvalue weighted by atomic mass is 16.5. The minimum atomic E-state index is -1.01. The van der Waals surface area contributed by atoms with E-state index in [9.17, 15) is 19.5 Å². The van der Waals surface area contributed by atoms with Gasteiger partial charge in [0.2, 0.25) is 17.7 Å². The van der Waals surface area contributed by atoms with Crippen molar-refractivity contribution in [3.8, 4) is 0 Å². The zero-order chi connectivity index (χ0) is 23.8. The number of carbonyl (C=O) groups excluding carboxylic acids is 3. The van der Waals surface area contributed by atoms with Crippen molar-refractivity contribution >= 4 is 29.1 Å². The van der Waals surface area contributed by atoms with E-state index in [2.05, 4.69) is 29.4 Å². The third-order valence-corrected chi connectivity index (χ3v) is 7.42. The van der Waals surface area contributed by atoms with Crippen LogP contribution in [0.5, 0.6) is 0 Å². The van der Waals surface area contributed by atoms with Crippen molar-refractivity contribution in [3.05, 3.63) is 24.3 Å². The normalized spacial score (nSPS) is 29.8. The number of aliphatic hydroxyl groups excluding tert-OH is 1. The molecule has 0 aromatic heterocycles. The van der Waals surface area contributed by atoms with Crippen molar-refractivity contribution in [1.82, 2.24) is 10.2 Å². The number of anilines is 2. The molecule has 3 amide bonds. The highest BCUT2D eigenvalue weighted by Gasteiger charge is 2.74. The number of fused-ring (bicyclic) bond motifs is 1. The van der Waals surface area contributed by atoms with E-state index in [1.54, 1.807) is 7.05 Å². The molecule has 33 heavy (non-hydrogen) atoms.